The Balaban J connectivity index is 1.43. The van der Waals surface area contributed by atoms with E-state index < -0.39 is 6.61 Å². The lowest BCUT2D eigenvalue weighted by molar-refractivity contribution is -0.0508. The van der Waals surface area contributed by atoms with Crippen molar-refractivity contribution < 1.29 is 13.5 Å². The van der Waals surface area contributed by atoms with E-state index in [1.165, 1.54) is 16.0 Å². The first kappa shape index (κ1) is 22.3. The molecule has 0 saturated carbocycles. The maximum absolute atomic E-state index is 12.8. The SMILES string of the molecule is CC1=c2cccc/c2=C/C(=Nc2ncnc3c2CN(Cc2ccccc2OC(F)F)C3)CCC1. The van der Waals surface area contributed by atoms with Crippen LogP contribution in [0.3, 0.4) is 0 Å². The van der Waals surface area contributed by atoms with Crippen LogP contribution in [0.2, 0.25) is 0 Å². The summed E-state index contributed by atoms with van der Waals surface area (Å²) in [6.45, 7) is 1.04. The first-order valence-corrected chi connectivity index (χ1v) is 11.5. The molecule has 5 rings (SSSR count). The van der Waals surface area contributed by atoms with Crippen LogP contribution >= 0.6 is 0 Å². The molecule has 2 aromatic carbocycles. The number of hydrogen-bond donors (Lipinski definition) is 0. The molecule has 5 nitrogen and oxygen atoms in total. The van der Waals surface area contributed by atoms with Gasteiger partial charge in [-0.05, 0) is 48.8 Å². The summed E-state index contributed by atoms with van der Waals surface area (Å²) < 4.78 is 30.3. The third-order valence-electron chi connectivity index (χ3n) is 6.33. The summed E-state index contributed by atoms with van der Waals surface area (Å²) in [5, 5.41) is 2.46. The monoisotopic (exact) mass is 460 g/mol. The van der Waals surface area contributed by atoms with E-state index in [9.17, 15) is 8.78 Å². The largest absolute Gasteiger partial charge is 0.434 e. The molecule has 1 aromatic heterocycles. The van der Waals surface area contributed by atoms with Crippen molar-refractivity contribution >= 4 is 23.2 Å². The lowest BCUT2D eigenvalue weighted by Crippen LogP contribution is -2.28. The van der Waals surface area contributed by atoms with Crippen LogP contribution in [0.25, 0.3) is 11.6 Å². The molecule has 2 aliphatic rings. The molecule has 7 heteroatoms. The van der Waals surface area contributed by atoms with Gasteiger partial charge in [0.05, 0.1) is 5.69 Å². The summed E-state index contributed by atoms with van der Waals surface area (Å²) in [4.78, 5) is 16.1. The van der Waals surface area contributed by atoms with Crippen LogP contribution in [0.4, 0.5) is 14.6 Å². The van der Waals surface area contributed by atoms with Crippen LogP contribution in [0.1, 0.15) is 43.0 Å². The average Bonchev–Trinajstić information content (AvgIpc) is 3.23. The average molecular weight is 461 g/mol. The van der Waals surface area contributed by atoms with Gasteiger partial charge in [0.25, 0.3) is 0 Å². The first-order chi connectivity index (χ1) is 16.6. The molecule has 34 heavy (non-hydrogen) atoms. The van der Waals surface area contributed by atoms with Crippen LogP contribution in [-0.4, -0.2) is 27.2 Å². The Morgan fingerprint density at radius 1 is 1.03 bits per heavy atom. The van der Waals surface area contributed by atoms with Crippen molar-refractivity contribution in [3.8, 4) is 5.75 Å². The molecule has 1 aliphatic heterocycles. The molecule has 0 amide bonds. The second kappa shape index (κ2) is 9.81. The molecule has 0 spiro atoms. The van der Waals surface area contributed by atoms with Crippen LogP contribution < -0.4 is 15.2 Å². The summed E-state index contributed by atoms with van der Waals surface area (Å²) in [6.07, 6.45) is 6.68. The standard InChI is InChI=1S/C27H26F2N4O/c1-18-7-6-10-21(13-19-8-2-4-11-22(18)19)32-26-23-15-33(16-24(23)30-17-31-26)14-20-9-3-5-12-25(20)34-27(28)29/h2-5,8-9,11-13,17,27H,6-7,10,14-16H2,1H3/b19-13-,22-18?,32-21?. The van der Waals surface area contributed by atoms with Crippen molar-refractivity contribution in [2.45, 2.75) is 52.4 Å². The Labute approximate surface area is 197 Å². The minimum atomic E-state index is -2.85. The lowest BCUT2D eigenvalue weighted by atomic mass is 10.00. The molecular weight excluding hydrogens is 434 g/mol. The summed E-state index contributed by atoms with van der Waals surface area (Å²) >= 11 is 0. The molecule has 0 saturated heterocycles. The zero-order valence-electron chi connectivity index (χ0n) is 19.0. The zero-order chi connectivity index (χ0) is 23.5. The second-order valence-electron chi connectivity index (χ2n) is 8.72. The minimum absolute atomic E-state index is 0.204. The molecule has 3 aromatic rings. The highest BCUT2D eigenvalue weighted by Crippen LogP contribution is 2.31. The number of para-hydroxylation sites is 1. The Morgan fingerprint density at radius 2 is 1.85 bits per heavy atom. The molecule has 0 radical (unpaired) electrons. The Hall–Kier alpha value is -3.45. The van der Waals surface area contributed by atoms with Gasteiger partial charge in [-0.25, -0.2) is 15.0 Å². The number of rotatable bonds is 5. The van der Waals surface area contributed by atoms with Crippen molar-refractivity contribution in [3.63, 3.8) is 0 Å². The predicted octanol–water partition coefficient (Wildman–Crippen LogP) is 4.50. The van der Waals surface area contributed by atoms with Crippen molar-refractivity contribution in [3.05, 3.63) is 82.1 Å². The second-order valence-corrected chi connectivity index (χ2v) is 8.72. The van der Waals surface area contributed by atoms with Crippen LogP contribution in [0.15, 0.2) is 59.9 Å². The van der Waals surface area contributed by atoms with Crippen molar-refractivity contribution in [1.82, 2.24) is 14.9 Å². The number of nitrogens with zero attached hydrogens (tertiary/aromatic N) is 4. The highest BCUT2D eigenvalue weighted by molar-refractivity contribution is 6.11. The van der Waals surface area contributed by atoms with E-state index in [4.69, 9.17) is 9.73 Å². The number of alkyl halides is 2. The Morgan fingerprint density at radius 3 is 2.74 bits per heavy atom. The van der Waals surface area contributed by atoms with Gasteiger partial charge in [0.1, 0.15) is 12.1 Å². The molecule has 0 bridgehead atoms. The topological polar surface area (TPSA) is 50.6 Å². The van der Waals surface area contributed by atoms with Gasteiger partial charge < -0.3 is 4.74 Å². The normalized spacial score (nSPS) is 18.2. The third-order valence-corrected chi connectivity index (χ3v) is 6.33. The summed E-state index contributed by atoms with van der Waals surface area (Å²) in [6, 6.07) is 15.3. The molecule has 2 heterocycles. The van der Waals surface area contributed by atoms with Crippen LogP contribution in [-0.2, 0) is 19.6 Å². The Kier molecular flexibility index (Phi) is 6.45. The highest BCUT2D eigenvalue weighted by atomic mass is 19.3. The maximum Gasteiger partial charge on any atom is 0.387 e. The van der Waals surface area contributed by atoms with E-state index in [0.29, 0.717) is 31.0 Å². The van der Waals surface area contributed by atoms with Gasteiger partial charge in [-0.1, -0.05) is 48.0 Å². The fourth-order valence-electron chi connectivity index (χ4n) is 4.68. The van der Waals surface area contributed by atoms with Gasteiger partial charge in [0.15, 0.2) is 5.82 Å². The van der Waals surface area contributed by atoms with E-state index in [2.05, 4.69) is 52.1 Å². The van der Waals surface area contributed by atoms with Crippen LogP contribution in [0, 0.1) is 0 Å². The number of hydrogen-bond acceptors (Lipinski definition) is 5. The zero-order valence-corrected chi connectivity index (χ0v) is 19.0. The van der Waals surface area contributed by atoms with Gasteiger partial charge >= 0.3 is 6.61 Å². The molecule has 0 fully saturated rings. The third kappa shape index (κ3) is 4.89. The van der Waals surface area contributed by atoms with Crippen molar-refractivity contribution in [2.24, 2.45) is 4.99 Å². The summed E-state index contributed by atoms with van der Waals surface area (Å²) in [5.41, 5.74) is 5.05. The van der Waals surface area contributed by atoms with Crippen molar-refractivity contribution in [1.29, 1.82) is 0 Å². The lowest BCUT2D eigenvalue weighted by Gasteiger charge is -2.17. The van der Waals surface area contributed by atoms with E-state index in [1.54, 1.807) is 18.5 Å². The van der Waals surface area contributed by atoms with Gasteiger partial charge in [0, 0.05) is 36.5 Å². The summed E-state index contributed by atoms with van der Waals surface area (Å²) in [7, 11) is 0. The van der Waals surface area contributed by atoms with E-state index >= 15 is 0 Å². The molecule has 0 N–H and O–H groups in total. The number of halogens is 2. The predicted molar refractivity (Wildman–Crippen MR) is 128 cm³/mol. The Bertz CT molecular complexity index is 1350. The van der Waals surface area contributed by atoms with E-state index in [0.717, 1.165) is 36.2 Å². The van der Waals surface area contributed by atoms with Gasteiger partial charge in [-0.3, -0.25) is 4.90 Å². The van der Waals surface area contributed by atoms with E-state index in [-0.39, 0.29) is 5.75 Å². The molecule has 174 valence electrons. The number of ether oxygens (including phenoxy) is 1. The van der Waals surface area contributed by atoms with Gasteiger partial charge in [-0.15, -0.1) is 0 Å². The number of aromatic nitrogens is 2. The quantitative estimate of drug-likeness (QED) is 0.563. The maximum atomic E-state index is 12.8. The van der Waals surface area contributed by atoms with Gasteiger partial charge in [-0.2, -0.15) is 8.78 Å². The molecule has 0 atom stereocenters. The highest BCUT2D eigenvalue weighted by Gasteiger charge is 2.25. The molecule has 0 unspecified atom stereocenters. The number of aliphatic imine (C=N–C) groups is 1. The minimum Gasteiger partial charge on any atom is -0.434 e. The first-order valence-electron chi connectivity index (χ1n) is 11.5. The number of benzene rings is 2. The smallest absolute Gasteiger partial charge is 0.387 e. The molecule has 1 aliphatic carbocycles. The summed E-state index contributed by atoms with van der Waals surface area (Å²) in [5.74, 6) is 0.893. The molecular formula is C27H26F2N4O. The van der Waals surface area contributed by atoms with Crippen LogP contribution in [0.5, 0.6) is 5.75 Å². The van der Waals surface area contributed by atoms with Crippen molar-refractivity contribution in [2.75, 3.05) is 0 Å². The van der Waals surface area contributed by atoms with Gasteiger partial charge in [0.2, 0.25) is 0 Å². The fraction of sp³-hybridized carbons (Fsp3) is 0.296. The van der Waals surface area contributed by atoms with E-state index in [1.807, 2.05) is 12.1 Å². The number of fused-ring (bicyclic) bond motifs is 2. The fourth-order valence-corrected chi connectivity index (χ4v) is 4.68.